The van der Waals surface area contributed by atoms with Crippen LogP contribution < -0.4 is 0 Å². The van der Waals surface area contributed by atoms with Crippen molar-refractivity contribution in [3.05, 3.63) is 71.8 Å². The molecule has 3 rings (SSSR count). The van der Waals surface area contributed by atoms with Crippen LogP contribution in [0.5, 0.6) is 0 Å². The number of piperidine rings is 1. The van der Waals surface area contributed by atoms with Crippen molar-refractivity contribution in [3.63, 3.8) is 0 Å². The van der Waals surface area contributed by atoms with E-state index in [4.69, 9.17) is 0 Å². The molecule has 4 heteroatoms. The summed E-state index contributed by atoms with van der Waals surface area (Å²) in [6.45, 7) is 0.434. The van der Waals surface area contributed by atoms with Crippen LogP contribution in [0, 0.1) is 5.92 Å². The lowest BCUT2D eigenvalue weighted by atomic mass is 9.84. The first-order valence-corrected chi connectivity index (χ1v) is 7.78. The minimum atomic E-state index is -0.843. The predicted molar refractivity (Wildman–Crippen MR) is 86.5 cm³/mol. The molecule has 0 unspecified atom stereocenters. The smallest absolute Gasteiger partial charge is 0.308 e. The van der Waals surface area contributed by atoms with E-state index in [0.717, 1.165) is 11.1 Å². The zero-order valence-corrected chi connectivity index (χ0v) is 12.8. The molecule has 0 aromatic heterocycles. The number of hydrogen-bond acceptors (Lipinski definition) is 2. The Morgan fingerprint density at radius 1 is 1.04 bits per heavy atom. The van der Waals surface area contributed by atoms with Crippen LogP contribution in [0.15, 0.2) is 60.7 Å². The van der Waals surface area contributed by atoms with E-state index in [0.29, 0.717) is 13.0 Å². The maximum Gasteiger partial charge on any atom is 0.308 e. The molecule has 1 saturated heterocycles. The average molecular weight is 309 g/mol. The molecule has 0 aliphatic carbocycles. The molecule has 1 aliphatic rings. The molecule has 0 saturated carbocycles. The van der Waals surface area contributed by atoms with E-state index in [1.807, 2.05) is 60.7 Å². The number of hydrogen-bond donors (Lipinski definition) is 1. The summed E-state index contributed by atoms with van der Waals surface area (Å²) in [5.74, 6) is -1.40. The second-order valence-corrected chi connectivity index (χ2v) is 5.85. The third-order valence-corrected chi connectivity index (χ3v) is 4.36. The quantitative estimate of drug-likeness (QED) is 0.943. The van der Waals surface area contributed by atoms with E-state index in [1.165, 1.54) is 0 Å². The molecule has 1 amide bonds. The van der Waals surface area contributed by atoms with Gasteiger partial charge in [-0.1, -0.05) is 60.7 Å². The molecule has 2 atom stereocenters. The summed E-state index contributed by atoms with van der Waals surface area (Å²) in [4.78, 5) is 25.9. The van der Waals surface area contributed by atoms with Crippen LogP contribution in [0.25, 0.3) is 0 Å². The van der Waals surface area contributed by atoms with Crippen molar-refractivity contribution < 1.29 is 14.7 Å². The number of aliphatic carboxylic acids is 1. The Hall–Kier alpha value is -2.62. The number of benzene rings is 2. The molecule has 0 radical (unpaired) electrons. The number of likely N-dealkylation sites (tertiary alicyclic amines) is 1. The van der Waals surface area contributed by atoms with E-state index < -0.39 is 17.9 Å². The van der Waals surface area contributed by atoms with Crippen LogP contribution >= 0.6 is 0 Å². The Morgan fingerprint density at radius 3 is 2.26 bits per heavy atom. The van der Waals surface area contributed by atoms with E-state index in [-0.39, 0.29) is 12.3 Å². The lowest BCUT2D eigenvalue weighted by Gasteiger charge is -2.40. The topological polar surface area (TPSA) is 57.6 Å². The summed E-state index contributed by atoms with van der Waals surface area (Å²) in [6.07, 6.45) is 0.673. The highest BCUT2D eigenvalue weighted by Gasteiger charge is 2.40. The van der Waals surface area contributed by atoms with Gasteiger partial charge in [0.2, 0.25) is 5.91 Å². The first-order chi connectivity index (χ1) is 11.2. The van der Waals surface area contributed by atoms with Gasteiger partial charge < -0.3 is 10.0 Å². The van der Waals surface area contributed by atoms with E-state index in [1.54, 1.807) is 4.90 Å². The van der Waals surface area contributed by atoms with Gasteiger partial charge in [0.1, 0.15) is 0 Å². The Balaban J connectivity index is 1.97. The van der Waals surface area contributed by atoms with Crippen LogP contribution in [0.4, 0.5) is 0 Å². The summed E-state index contributed by atoms with van der Waals surface area (Å²) < 4.78 is 0. The number of carboxylic acids is 1. The number of carbonyl (C=O) groups is 2. The normalized spacial score (nSPS) is 21.2. The van der Waals surface area contributed by atoms with E-state index in [9.17, 15) is 14.7 Å². The lowest BCUT2D eigenvalue weighted by molar-refractivity contribution is -0.152. The van der Waals surface area contributed by atoms with Gasteiger partial charge in [-0.2, -0.15) is 0 Å². The standard InChI is InChI=1S/C19H19NO3/c21-17-12-11-16(19(22)23)18(15-9-5-2-6-10-15)20(17)13-14-7-3-1-4-8-14/h1-10,16,18H,11-13H2,(H,22,23)/t16-,18-/m0/s1. The minimum absolute atomic E-state index is 0.0141. The predicted octanol–water partition coefficient (Wildman–Crippen LogP) is 3.25. The van der Waals surface area contributed by atoms with Gasteiger partial charge in [0, 0.05) is 13.0 Å². The highest BCUT2D eigenvalue weighted by molar-refractivity contribution is 5.81. The fraction of sp³-hybridized carbons (Fsp3) is 0.263. The number of carbonyl (C=O) groups excluding carboxylic acids is 1. The number of carboxylic acid groups (broad SMARTS) is 1. The van der Waals surface area contributed by atoms with Gasteiger partial charge in [-0.05, 0) is 17.5 Å². The molecule has 0 bridgehead atoms. The van der Waals surface area contributed by atoms with Crippen LogP contribution in [-0.4, -0.2) is 21.9 Å². The number of amides is 1. The van der Waals surface area contributed by atoms with Crippen molar-refractivity contribution in [2.75, 3.05) is 0 Å². The highest BCUT2D eigenvalue weighted by Crippen LogP contribution is 2.37. The Kier molecular flexibility index (Phi) is 4.42. The average Bonchev–Trinajstić information content (AvgIpc) is 2.58. The Labute approximate surface area is 135 Å². The van der Waals surface area contributed by atoms with Crippen LogP contribution in [0.2, 0.25) is 0 Å². The Morgan fingerprint density at radius 2 is 1.65 bits per heavy atom. The molecular formula is C19H19NO3. The third-order valence-electron chi connectivity index (χ3n) is 4.36. The third kappa shape index (κ3) is 3.26. The van der Waals surface area contributed by atoms with E-state index in [2.05, 4.69) is 0 Å². The van der Waals surface area contributed by atoms with Crippen molar-refractivity contribution in [1.82, 2.24) is 4.90 Å². The number of rotatable bonds is 4. The van der Waals surface area contributed by atoms with Crippen LogP contribution in [0.3, 0.4) is 0 Å². The van der Waals surface area contributed by atoms with Crippen molar-refractivity contribution >= 4 is 11.9 Å². The molecular weight excluding hydrogens is 290 g/mol. The van der Waals surface area contributed by atoms with Crippen LogP contribution in [0.1, 0.15) is 30.0 Å². The molecule has 4 nitrogen and oxygen atoms in total. The largest absolute Gasteiger partial charge is 0.481 e. The summed E-state index contributed by atoms with van der Waals surface area (Å²) in [5.41, 5.74) is 1.89. The molecule has 23 heavy (non-hydrogen) atoms. The second-order valence-electron chi connectivity index (χ2n) is 5.85. The van der Waals surface area contributed by atoms with Gasteiger partial charge in [-0.3, -0.25) is 9.59 Å². The molecule has 2 aromatic carbocycles. The Bertz CT molecular complexity index is 684. The van der Waals surface area contributed by atoms with Crippen LogP contribution in [-0.2, 0) is 16.1 Å². The zero-order chi connectivity index (χ0) is 16.2. The summed E-state index contributed by atoms with van der Waals surface area (Å²) in [6, 6.07) is 18.7. The SMILES string of the molecule is O=C(O)[C@H]1CCC(=O)N(Cc2ccccc2)[C@H]1c1ccccc1. The van der Waals surface area contributed by atoms with Gasteiger partial charge >= 0.3 is 5.97 Å². The highest BCUT2D eigenvalue weighted by atomic mass is 16.4. The molecule has 0 spiro atoms. The van der Waals surface area contributed by atoms with Gasteiger partial charge in [0.15, 0.2) is 0 Å². The molecule has 2 aromatic rings. The van der Waals surface area contributed by atoms with E-state index >= 15 is 0 Å². The summed E-state index contributed by atoms with van der Waals surface area (Å²) in [5, 5.41) is 9.60. The van der Waals surface area contributed by atoms with Crippen molar-refractivity contribution in [2.45, 2.75) is 25.4 Å². The maximum atomic E-state index is 12.5. The maximum absolute atomic E-state index is 12.5. The van der Waals surface area contributed by atoms with Gasteiger partial charge in [-0.25, -0.2) is 0 Å². The lowest BCUT2D eigenvalue weighted by Crippen LogP contribution is -2.44. The van der Waals surface area contributed by atoms with Crippen molar-refractivity contribution in [1.29, 1.82) is 0 Å². The molecule has 1 N–H and O–H groups in total. The van der Waals surface area contributed by atoms with Gasteiger partial charge in [-0.15, -0.1) is 0 Å². The number of nitrogens with zero attached hydrogens (tertiary/aromatic N) is 1. The second kappa shape index (κ2) is 6.65. The molecule has 1 aliphatic heterocycles. The molecule has 1 fully saturated rings. The minimum Gasteiger partial charge on any atom is -0.481 e. The first-order valence-electron chi connectivity index (χ1n) is 7.78. The fourth-order valence-corrected chi connectivity index (χ4v) is 3.24. The fourth-order valence-electron chi connectivity index (χ4n) is 3.24. The molecule has 118 valence electrons. The van der Waals surface area contributed by atoms with Crippen molar-refractivity contribution in [3.8, 4) is 0 Å². The first kappa shape index (κ1) is 15.3. The summed E-state index contributed by atoms with van der Waals surface area (Å²) in [7, 11) is 0. The summed E-state index contributed by atoms with van der Waals surface area (Å²) >= 11 is 0. The van der Waals surface area contributed by atoms with Gasteiger partial charge in [0.25, 0.3) is 0 Å². The van der Waals surface area contributed by atoms with Crippen molar-refractivity contribution in [2.24, 2.45) is 5.92 Å². The van der Waals surface area contributed by atoms with Gasteiger partial charge in [0.05, 0.1) is 12.0 Å². The monoisotopic (exact) mass is 309 g/mol. The zero-order valence-electron chi connectivity index (χ0n) is 12.8. The molecule has 1 heterocycles.